The molecule has 2 heterocycles. The van der Waals surface area contributed by atoms with Crippen LogP contribution < -0.4 is 5.32 Å². The average Bonchev–Trinajstić information content (AvgIpc) is 3.09. The number of carbonyl (C=O) groups is 2. The van der Waals surface area contributed by atoms with Gasteiger partial charge in [-0.1, -0.05) is 24.3 Å². The Kier molecular flexibility index (Phi) is 6.24. The fraction of sp³-hybridized carbons (Fsp3) is 0.464. The molecule has 3 fully saturated rings. The van der Waals surface area contributed by atoms with E-state index in [1.807, 2.05) is 25.1 Å². The minimum Gasteiger partial charge on any atom is -0.462 e. The van der Waals surface area contributed by atoms with Crippen LogP contribution in [0.15, 0.2) is 48.7 Å². The van der Waals surface area contributed by atoms with Crippen molar-refractivity contribution in [3.8, 4) is 11.1 Å². The van der Waals surface area contributed by atoms with E-state index in [1.165, 1.54) is 12.1 Å². The highest BCUT2D eigenvalue weighted by atomic mass is 19.1. The Morgan fingerprint density at radius 1 is 1.18 bits per heavy atom. The summed E-state index contributed by atoms with van der Waals surface area (Å²) < 4.78 is 19.2. The summed E-state index contributed by atoms with van der Waals surface area (Å²) in [4.78, 5) is 28.8. The standard InChI is InChI=1S/C28H31FN2O3/c1-16-27-25(11-8-22-7-6-19(15-30-22)18-4-3-5-21(29)12-18)24-10-9-23(31-17(2)32)13-20(24)14-26(27)28(33)34-16/h3-8,11-12,15-16,20,23-27H,9-10,13-14H2,1-2H3,(H,31,32)/b11-8+/t16-,20+,23-,24?,25+,26-,27+/m1/s1. The Bertz CT molecular complexity index is 1100. The van der Waals surface area contributed by atoms with Gasteiger partial charge >= 0.3 is 5.97 Å². The second kappa shape index (κ2) is 9.32. The molecule has 0 bridgehead atoms. The van der Waals surface area contributed by atoms with E-state index in [-0.39, 0.29) is 47.6 Å². The monoisotopic (exact) mass is 462 g/mol. The normalized spacial score (nSPS) is 32.7. The molecule has 3 aliphatic rings. The van der Waals surface area contributed by atoms with E-state index in [9.17, 15) is 14.0 Å². The number of aromatic nitrogens is 1. The van der Waals surface area contributed by atoms with Gasteiger partial charge in [0.15, 0.2) is 0 Å². The zero-order chi connectivity index (χ0) is 23.8. The van der Waals surface area contributed by atoms with Crippen LogP contribution >= 0.6 is 0 Å². The summed E-state index contributed by atoms with van der Waals surface area (Å²) in [6, 6.07) is 10.6. The summed E-state index contributed by atoms with van der Waals surface area (Å²) in [5.41, 5.74) is 2.50. The van der Waals surface area contributed by atoms with Crippen molar-refractivity contribution in [1.29, 1.82) is 0 Å². The van der Waals surface area contributed by atoms with Gasteiger partial charge < -0.3 is 10.1 Å². The van der Waals surface area contributed by atoms with E-state index in [4.69, 9.17) is 4.74 Å². The van der Waals surface area contributed by atoms with Gasteiger partial charge in [-0.3, -0.25) is 14.6 Å². The lowest BCUT2D eigenvalue weighted by molar-refractivity contribution is -0.144. The number of hydrogen-bond acceptors (Lipinski definition) is 4. The molecule has 1 unspecified atom stereocenters. The summed E-state index contributed by atoms with van der Waals surface area (Å²) in [6.45, 7) is 3.58. The van der Waals surface area contributed by atoms with Crippen molar-refractivity contribution in [3.63, 3.8) is 0 Å². The fourth-order valence-corrected chi connectivity index (χ4v) is 6.59. The minimum atomic E-state index is -0.265. The number of halogens is 1. The van der Waals surface area contributed by atoms with Gasteiger partial charge in [-0.25, -0.2) is 4.39 Å². The fourth-order valence-electron chi connectivity index (χ4n) is 6.59. The number of nitrogens with zero attached hydrogens (tertiary/aromatic N) is 1. The number of amides is 1. The Labute approximate surface area is 199 Å². The van der Waals surface area contributed by atoms with Gasteiger partial charge in [-0.2, -0.15) is 0 Å². The molecule has 1 aromatic heterocycles. The number of cyclic esters (lactones) is 1. The van der Waals surface area contributed by atoms with Crippen molar-refractivity contribution in [3.05, 3.63) is 60.2 Å². The van der Waals surface area contributed by atoms with Crippen molar-refractivity contribution in [2.75, 3.05) is 0 Å². The van der Waals surface area contributed by atoms with Gasteiger partial charge in [0.25, 0.3) is 0 Å². The molecule has 1 N–H and O–H groups in total. The van der Waals surface area contributed by atoms with Crippen molar-refractivity contribution in [1.82, 2.24) is 10.3 Å². The maximum Gasteiger partial charge on any atom is 0.309 e. The van der Waals surface area contributed by atoms with Crippen LogP contribution in [0.2, 0.25) is 0 Å². The van der Waals surface area contributed by atoms with Crippen LogP contribution in [0.25, 0.3) is 17.2 Å². The molecule has 0 spiro atoms. The third-order valence-electron chi connectivity index (χ3n) is 7.99. The lowest BCUT2D eigenvalue weighted by Gasteiger charge is -2.47. The second-order valence-corrected chi connectivity index (χ2v) is 10.1. The van der Waals surface area contributed by atoms with Crippen LogP contribution in [0.3, 0.4) is 0 Å². The number of carbonyl (C=O) groups excluding carboxylic acids is 2. The number of ether oxygens (including phenoxy) is 1. The van der Waals surface area contributed by atoms with Crippen LogP contribution in [0.1, 0.15) is 45.2 Å². The highest BCUT2D eigenvalue weighted by Crippen LogP contribution is 2.53. The molecule has 7 atom stereocenters. The van der Waals surface area contributed by atoms with Crippen molar-refractivity contribution >= 4 is 18.0 Å². The van der Waals surface area contributed by atoms with Crippen LogP contribution in [-0.2, 0) is 14.3 Å². The van der Waals surface area contributed by atoms with Gasteiger partial charge in [0, 0.05) is 30.6 Å². The third kappa shape index (κ3) is 4.50. The first-order valence-electron chi connectivity index (χ1n) is 12.3. The van der Waals surface area contributed by atoms with Crippen LogP contribution in [0.4, 0.5) is 4.39 Å². The first-order valence-corrected chi connectivity index (χ1v) is 12.3. The number of allylic oxidation sites excluding steroid dienone is 1. The van der Waals surface area contributed by atoms with E-state index in [2.05, 4.69) is 22.5 Å². The van der Waals surface area contributed by atoms with Crippen molar-refractivity contribution in [2.45, 2.75) is 51.7 Å². The molecule has 5 nitrogen and oxygen atoms in total. The Hall–Kier alpha value is -3.02. The largest absolute Gasteiger partial charge is 0.462 e. The number of nitrogens with one attached hydrogen (secondary N) is 1. The summed E-state index contributed by atoms with van der Waals surface area (Å²) >= 11 is 0. The van der Waals surface area contributed by atoms with E-state index < -0.39 is 0 Å². The number of fused-ring (bicyclic) bond motifs is 2. The highest BCUT2D eigenvalue weighted by molar-refractivity contribution is 5.76. The van der Waals surface area contributed by atoms with E-state index in [1.54, 1.807) is 19.2 Å². The topological polar surface area (TPSA) is 68.3 Å². The zero-order valence-corrected chi connectivity index (χ0v) is 19.6. The number of esters is 1. The van der Waals surface area contributed by atoms with Gasteiger partial charge in [-0.05, 0) is 80.2 Å². The molecule has 2 saturated carbocycles. The molecule has 1 amide bonds. The molecule has 1 aliphatic heterocycles. The maximum absolute atomic E-state index is 13.6. The van der Waals surface area contributed by atoms with Crippen LogP contribution in [0, 0.1) is 35.4 Å². The average molecular weight is 463 g/mol. The van der Waals surface area contributed by atoms with Crippen LogP contribution in [0.5, 0.6) is 0 Å². The van der Waals surface area contributed by atoms with Gasteiger partial charge in [0.2, 0.25) is 5.91 Å². The van der Waals surface area contributed by atoms with Crippen molar-refractivity contribution in [2.24, 2.45) is 29.6 Å². The van der Waals surface area contributed by atoms with E-state index in [0.29, 0.717) is 11.8 Å². The summed E-state index contributed by atoms with van der Waals surface area (Å²) in [6.07, 6.45) is 9.71. The Morgan fingerprint density at radius 2 is 2.03 bits per heavy atom. The molecule has 5 rings (SSSR count). The van der Waals surface area contributed by atoms with Gasteiger partial charge in [0.05, 0.1) is 11.6 Å². The van der Waals surface area contributed by atoms with E-state index >= 15 is 0 Å². The first kappa shape index (κ1) is 22.8. The lowest BCUT2D eigenvalue weighted by Crippen LogP contribution is -2.48. The predicted molar refractivity (Wildman–Crippen MR) is 128 cm³/mol. The summed E-state index contributed by atoms with van der Waals surface area (Å²) in [7, 11) is 0. The van der Waals surface area contributed by atoms with Crippen LogP contribution in [-0.4, -0.2) is 29.0 Å². The SMILES string of the molecule is CC(=O)N[C@@H]1CCC2[C@@H](C1)C[C@H]1C(=O)O[C@H](C)[C@H]1[C@H]2/C=C/c1ccc(-c2cccc(F)c2)cn1. The minimum absolute atomic E-state index is 0.00948. The molecule has 6 heteroatoms. The van der Waals surface area contributed by atoms with Crippen molar-refractivity contribution < 1.29 is 18.7 Å². The predicted octanol–water partition coefficient (Wildman–Crippen LogP) is 5.02. The maximum atomic E-state index is 13.6. The highest BCUT2D eigenvalue weighted by Gasteiger charge is 2.54. The Morgan fingerprint density at radius 3 is 2.76 bits per heavy atom. The second-order valence-electron chi connectivity index (χ2n) is 10.1. The molecule has 1 aromatic carbocycles. The number of rotatable bonds is 4. The summed E-state index contributed by atoms with van der Waals surface area (Å²) in [5, 5.41) is 3.08. The van der Waals surface area contributed by atoms with Gasteiger partial charge in [-0.15, -0.1) is 0 Å². The number of pyridine rings is 1. The molecule has 2 aromatic rings. The third-order valence-corrected chi connectivity index (χ3v) is 7.99. The van der Waals surface area contributed by atoms with Gasteiger partial charge in [0.1, 0.15) is 11.9 Å². The molecular formula is C28H31FN2O3. The smallest absolute Gasteiger partial charge is 0.309 e. The van der Waals surface area contributed by atoms with E-state index in [0.717, 1.165) is 42.5 Å². The zero-order valence-electron chi connectivity index (χ0n) is 19.6. The number of benzene rings is 1. The first-order chi connectivity index (χ1) is 16.4. The molecular weight excluding hydrogens is 431 g/mol. The number of hydrogen-bond donors (Lipinski definition) is 1. The molecule has 178 valence electrons. The molecule has 1 saturated heterocycles. The summed E-state index contributed by atoms with van der Waals surface area (Å²) in [5.74, 6) is 0.850. The quantitative estimate of drug-likeness (QED) is 0.648. The lowest BCUT2D eigenvalue weighted by atomic mass is 9.57. The molecule has 0 radical (unpaired) electrons. The molecule has 34 heavy (non-hydrogen) atoms. The molecule has 2 aliphatic carbocycles. The Balaban J connectivity index is 1.37.